The Labute approximate surface area is 197 Å². The van der Waals surface area contributed by atoms with Gasteiger partial charge in [0.15, 0.2) is 5.82 Å². The second-order valence-corrected chi connectivity index (χ2v) is 8.54. The van der Waals surface area contributed by atoms with Gasteiger partial charge >= 0.3 is 5.56 Å². The highest BCUT2D eigenvalue weighted by Gasteiger charge is 2.27. The summed E-state index contributed by atoms with van der Waals surface area (Å²) in [5.41, 5.74) is 4.84. The molecule has 0 spiro atoms. The van der Waals surface area contributed by atoms with E-state index in [9.17, 15) is 4.79 Å². The molecule has 33 heavy (non-hydrogen) atoms. The molecule has 0 aliphatic carbocycles. The highest BCUT2D eigenvalue weighted by Crippen LogP contribution is 2.27. The van der Waals surface area contributed by atoms with Gasteiger partial charge in [0.1, 0.15) is 5.71 Å². The van der Waals surface area contributed by atoms with Gasteiger partial charge in [-0.2, -0.15) is 9.78 Å². The zero-order valence-electron chi connectivity index (χ0n) is 20.9. The van der Waals surface area contributed by atoms with E-state index in [1.54, 1.807) is 0 Å². The van der Waals surface area contributed by atoms with E-state index in [1.807, 2.05) is 6.92 Å². The fourth-order valence-electron chi connectivity index (χ4n) is 4.17. The monoisotopic (exact) mass is 451 g/mol. The molecule has 0 bridgehead atoms. The van der Waals surface area contributed by atoms with Crippen molar-refractivity contribution in [2.75, 3.05) is 25.1 Å². The molecule has 0 amide bonds. The lowest BCUT2D eigenvalue weighted by molar-refractivity contribution is 0.394. The Bertz CT molecular complexity index is 1100. The number of aliphatic imine (C=N–C) groups is 1. The molecule has 1 aromatic carbocycles. The SMILES string of the molecule is CCCCCCN(CC)c1ccc(N=C2C(C)=Nn3c2nc(CCC)c(OC)c3=O)c(C)c1. The lowest BCUT2D eigenvalue weighted by atomic mass is 10.1. The number of hydrogen-bond acceptors (Lipinski definition) is 6. The molecule has 0 saturated carbocycles. The third-order valence-corrected chi connectivity index (χ3v) is 6.03. The summed E-state index contributed by atoms with van der Waals surface area (Å²) in [7, 11) is 1.50. The number of aryl methyl sites for hydroxylation is 2. The van der Waals surface area contributed by atoms with Crippen LogP contribution in [0.5, 0.6) is 5.75 Å². The van der Waals surface area contributed by atoms with Crippen molar-refractivity contribution >= 4 is 22.8 Å². The first-order valence-electron chi connectivity index (χ1n) is 12.2. The van der Waals surface area contributed by atoms with Gasteiger partial charge in [0.05, 0.1) is 24.2 Å². The summed E-state index contributed by atoms with van der Waals surface area (Å²) in [5.74, 6) is 0.744. The fraction of sp³-hybridized carbons (Fsp3) is 0.538. The van der Waals surface area contributed by atoms with E-state index in [2.05, 4.69) is 55.9 Å². The highest BCUT2D eigenvalue weighted by atomic mass is 16.5. The average Bonchev–Trinajstić information content (AvgIpc) is 3.11. The number of anilines is 1. The topological polar surface area (TPSA) is 72.1 Å². The van der Waals surface area contributed by atoms with Crippen molar-refractivity contribution in [3.8, 4) is 5.75 Å². The third kappa shape index (κ3) is 5.34. The van der Waals surface area contributed by atoms with Crippen LogP contribution in [-0.2, 0) is 6.42 Å². The molecule has 1 aliphatic heterocycles. The normalized spacial score (nSPS) is 13.9. The molecule has 2 aromatic rings. The molecule has 0 saturated heterocycles. The number of fused-ring (bicyclic) bond motifs is 1. The zero-order valence-corrected chi connectivity index (χ0v) is 20.9. The van der Waals surface area contributed by atoms with Crippen LogP contribution >= 0.6 is 0 Å². The van der Waals surface area contributed by atoms with Crippen LogP contribution in [0.25, 0.3) is 0 Å². The first-order valence-corrected chi connectivity index (χ1v) is 12.2. The lowest BCUT2D eigenvalue weighted by Crippen LogP contribution is -2.24. The first kappa shape index (κ1) is 24.7. The third-order valence-electron chi connectivity index (χ3n) is 6.03. The molecule has 0 atom stereocenters. The molecule has 0 N–H and O–H groups in total. The largest absolute Gasteiger partial charge is 0.490 e. The number of nitrogens with zero attached hydrogens (tertiary/aromatic N) is 5. The van der Waals surface area contributed by atoms with Gasteiger partial charge in [-0.25, -0.2) is 9.98 Å². The van der Waals surface area contributed by atoms with Crippen LogP contribution in [0.15, 0.2) is 33.1 Å². The maximum absolute atomic E-state index is 12.9. The van der Waals surface area contributed by atoms with Crippen molar-refractivity contribution < 1.29 is 4.74 Å². The summed E-state index contributed by atoms with van der Waals surface area (Å²) in [6, 6.07) is 6.38. The van der Waals surface area contributed by atoms with Gasteiger partial charge in [-0.05, 0) is 57.4 Å². The molecular formula is C26H37N5O2. The van der Waals surface area contributed by atoms with Gasteiger partial charge in [0.2, 0.25) is 5.75 Å². The van der Waals surface area contributed by atoms with Gasteiger partial charge in [0.25, 0.3) is 0 Å². The Hall–Kier alpha value is -2.96. The van der Waals surface area contributed by atoms with Crippen molar-refractivity contribution in [2.24, 2.45) is 10.1 Å². The second kappa shape index (κ2) is 11.3. The van der Waals surface area contributed by atoms with Crippen LogP contribution in [0.4, 0.5) is 11.4 Å². The molecule has 0 radical (unpaired) electrons. The summed E-state index contributed by atoms with van der Waals surface area (Å²) in [5, 5.41) is 4.42. The fourth-order valence-corrected chi connectivity index (χ4v) is 4.17. The van der Waals surface area contributed by atoms with Crippen LogP contribution in [0.2, 0.25) is 0 Å². The molecule has 7 nitrogen and oxygen atoms in total. The highest BCUT2D eigenvalue weighted by molar-refractivity contribution is 6.48. The molecule has 3 rings (SSSR count). The molecular weight excluding hydrogens is 414 g/mol. The van der Waals surface area contributed by atoms with E-state index in [-0.39, 0.29) is 11.3 Å². The Morgan fingerprint density at radius 1 is 1.09 bits per heavy atom. The molecule has 178 valence electrons. The lowest BCUT2D eigenvalue weighted by Gasteiger charge is -2.24. The number of rotatable bonds is 11. The van der Waals surface area contributed by atoms with Crippen molar-refractivity contribution in [3.05, 3.63) is 45.6 Å². The maximum Gasteiger partial charge on any atom is 0.317 e. The minimum absolute atomic E-state index is 0.262. The van der Waals surface area contributed by atoms with Gasteiger partial charge in [0, 0.05) is 18.8 Å². The van der Waals surface area contributed by atoms with Crippen LogP contribution in [0, 0.1) is 6.92 Å². The van der Waals surface area contributed by atoms with Crippen LogP contribution in [-0.4, -0.2) is 41.3 Å². The Kier molecular flexibility index (Phi) is 8.42. The Morgan fingerprint density at radius 2 is 1.88 bits per heavy atom. The summed E-state index contributed by atoms with van der Waals surface area (Å²) < 4.78 is 6.65. The summed E-state index contributed by atoms with van der Waals surface area (Å²) >= 11 is 0. The molecule has 0 unspecified atom stereocenters. The second-order valence-electron chi connectivity index (χ2n) is 8.54. The number of unbranched alkanes of at least 4 members (excludes halogenated alkanes) is 3. The van der Waals surface area contributed by atoms with Crippen LogP contribution in [0.1, 0.15) is 76.9 Å². The minimum Gasteiger partial charge on any atom is -0.490 e. The summed E-state index contributed by atoms with van der Waals surface area (Å²) in [4.78, 5) is 24.9. The molecule has 1 aromatic heterocycles. The Balaban J connectivity index is 1.93. The minimum atomic E-state index is -0.288. The predicted octanol–water partition coefficient (Wildman–Crippen LogP) is 5.28. The van der Waals surface area contributed by atoms with Gasteiger partial charge < -0.3 is 9.64 Å². The Morgan fingerprint density at radius 3 is 2.52 bits per heavy atom. The van der Waals surface area contributed by atoms with Crippen molar-refractivity contribution in [1.82, 2.24) is 9.66 Å². The van der Waals surface area contributed by atoms with E-state index in [0.29, 0.717) is 29.4 Å². The molecule has 0 fully saturated rings. The van der Waals surface area contributed by atoms with E-state index in [0.717, 1.165) is 30.8 Å². The summed E-state index contributed by atoms with van der Waals surface area (Å²) in [6.07, 6.45) is 6.55. The zero-order chi connectivity index (χ0) is 24.0. The summed E-state index contributed by atoms with van der Waals surface area (Å²) in [6.45, 7) is 12.5. The molecule has 7 heteroatoms. The molecule has 2 heterocycles. The van der Waals surface area contributed by atoms with E-state index >= 15 is 0 Å². The standard InChI is InChI=1S/C26H37N5O2/c1-7-10-11-12-16-30(9-3)20-14-15-21(18(4)17-20)27-23-19(5)29-31-25(23)28-22(13-8-2)24(33-6)26(31)32/h14-15,17H,7-13,16H2,1-6H3. The van der Waals surface area contributed by atoms with E-state index in [4.69, 9.17) is 14.7 Å². The number of benzene rings is 1. The van der Waals surface area contributed by atoms with Crippen LogP contribution < -0.4 is 15.2 Å². The number of methoxy groups -OCH3 is 1. The van der Waals surface area contributed by atoms with Crippen LogP contribution in [0.3, 0.4) is 0 Å². The van der Waals surface area contributed by atoms with Gasteiger partial charge in [-0.3, -0.25) is 4.79 Å². The average molecular weight is 452 g/mol. The van der Waals surface area contributed by atoms with Crippen molar-refractivity contribution in [2.45, 2.75) is 73.1 Å². The first-order chi connectivity index (χ1) is 15.9. The van der Waals surface area contributed by atoms with Gasteiger partial charge in [-0.1, -0.05) is 39.5 Å². The van der Waals surface area contributed by atoms with E-state index < -0.39 is 0 Å². The smallest absolute Gasteiger partial charge is 0.317 e. The van der Waals surface area contributed by atoms with E-state index in [1.165, 1.54) is 43.2 Å². The van der Waals surface area contributed by atoms with Crippen molar-refractivity contribution in [3.63, 3.8) is 0 Å². The number of aromatic nitrogens is 2. The quantitative estimate of drug-likeness (QED) is 0.436. The maximum atomic E-state index is 12.9. The van der Waals surface area contributed by atoms with Gasteiger partial charge in [-0.15, -0.1) is 0 Å². The number of ether oxygens (including phenoxy) is 1. The van der Waals surface area contributed by atoms with Crippen molar-refractivity contribution in [1.29, 1.82) is 0 Å². The molecule has 1 aliphatic rings. The number of hydrogen-bond donors (Lipinski definition) is 0. The predicted molar refractivity (Wildman–Crippen MR) is 137 cm³/mol.